The quantitative estimate of drug-likeness (QED) is 0.621. The van der Waals surface area contributed by atoms with E-state index < -0.39 is 0 Å². The van der Waals surface area contributed by atoms with Gasteiger partial charge in [-0.3, -0.25) is 10.1 Å². The standard InChI is InChI=1S/C16H17N3O2/c1-2-18(13-8-9-13)15-11-10-14(19(20)21)16(17-15)12-6-4-3-5-7-12/h3-7,10-11,13H,2,8-9H2,1H3. The van der Waals surface area contributed by atoms with E-state index in [0.717, 1.165) is 17.9 Å². The summed E-state index contributed by atoms with van der Waals surface area (Å²) in [6.07, 6.45) is 2.35. The molecule has 0 spiro atoms. The lowest BCUT2D eigenvalue weighted by atomic mass is 10.1. The number of benzene rings is 1. The summed E-state index contributed by atoms with van der Waals surface area (Å²) in [4.78, 5) is 17.7. The normalized spacial score (nSPS) is 14.0. The molecule has 21 heavy (non-hydrogen) atoms. The molecule has 0 bridgehead atoms. The van der Waals surface area contributed by atoms with E-state index in [1.165, 1.54) is 12.8 Å². The highest BCUT2D eigenvalue weighted by molar-refractivity contribution is 5.71. The van der Waals surface area contributed by atoms with Gasteiger partial charge in [-0.05, 0) is 25.8 Å². The highest BCUT2D eigenvalue weighted by Crippen LogP contribution is 2.34. The minimum absolute atomic E-state index is 0.0526. The minimum Gasteiger partial charge on any atom is -0.354 e. The monoisotopic (exact) mass is 283 g/mol. The van der Waals surface area contributed by atoms with Gasteiger partial charge in [-0.15, -0.1) is 0 Å². The molecule has 0 saturated heterocycles. The molecule has 1 aromatic heterocycles. The van der Waals surface area contributed by atoms with Gasteiger partial charge in [0.15, 0.2) is 5.69 Å². The van der Waals surface area contributed by atoms with Crippen LogP contribution in [0.5, 0.6) is 0 Å². The fraction of sp³-hybridized carbons (Fsp3) is 0.312. The van der Waals surface area contributed by atoms with Gasteiger partial charge in [0.25, 0.3) is 5.69 Å². The average molecular weight is 283 g/mol. The summed E-state index contributed by atoms with van der Waals surface area (Å²) in [5.41, 5.74) is 1.27. The van der Waals surface area contributed by atoms with Crippen molar-refractivity contribution in [2.75, 3.05) is 11.4 Å². The van der Waals surface area contributed by atoms with Gasteiger partial charge in [0.05, 0.1) is 4.92 Å². The minimum atomic E-state index is -0.369. The summed E-state index contributed by atoms with van der Waals surface area (Å²) >= 11 is 0. The van der Waals surface area contributed by atoms with Crippen LogP contribution < -0.4 is 4.90 Å². The molecule has 0 unspecified atom stereocenters. The maximum absolute atomic E-state index is 11.2. The lowest BCUT2D eigenvalue weighted by Crippen LogP contribution is -2.26. The Labute approximate surface area is 123 Å². The predicted molar refractivity (Wildman–Crippen MR) is 82.4 cm³/mol. The second-order valence-corrected chi connectivity index (χ2v) is 5.18. The Morgan fingerprint density at radius 2 is 1.95 bits per heavy atom. The third-order valence-corrected chi connectivity index (χ3v) is 3.73. The molecule has 1 aliphatic rings. The third-order valence-electron chi connectivity index (χ3n) is 3.73. The van der Waals surface area contributed by atoms with Crippen molar-refractivity contribution >= 4 is 11.5 Å². The first-order valence-corrected chi connectivity index (χ1v) is 7.18. The molecule has 1 fully saturated rings. The first-order chi connectivity index (χ1) is 10.2. The van der Waals surface area contributed by atoms with E-state index in [1.54, 1.807) is 12.1 Å². The van der Waals surface area contributed by atoms with Gasteiger partial charge >= 0.3 is 0 Å². The summed E-state index contributed by atoms with van der Waals surface area (Å²) in [5, 5.41) is 11.2. The van der Waals surface area contributed by atoms with Crippen LogP contribution in [0.1, 0.15) is 19.8 Å². The van der Waals surface area contributed by atoms with Gasteiger partial charge in [-0.2, -0.15) is 0 Å². The van der Waals surface area contributed by atoms with E-state index in [-0.39, 0.29) is 10.6 Å². The molecule has 0 atom stereocenters. The topological polar surface area (TPSA) is 59.3 Å². The molecule has 2 aromatic rings. The Kier molecular flexibility index (Phi) is 3.56. The van der Waals surface area contributed by atoms with Crippen molar-refractivity contribution in [1.82, 2.24) is 4.98 Å². The Morgan fingerprint density at radius 1 is 1.24 bits per heavy atom. The van der Waals surface area contributed by atoms with Crippen molar-refractivity contribution < 1.29 is 4.92 Å². The van der Waals surface area contributed by atoms with Gasteiger partial charge in [0.2, 0.25) is 0 Å². The molecule has 1 saturated carbocycles. The Bertz CT molecular complexity index is 654. The van der Waals surface area contributed by atoms with Crippen molar-refractivity contribution in [3.63, 3.8) is 0 Å². The van der Waals surface area contributed by atoms with E-state index in [0.29, 0.717) is 11.7 Å². The second-order valence-electron chi connectivity index (χ2n) is 5.18. The number of pyridine rings is 1. The average Bonchev–Trinajstić information content (AvgIpc) is 3.33. The van der Waals surface area contributed by atoms with Crippen molar-refractivity contribution in [2.24, 2.45) is 0 Å². The van der Waals surface area contributed by atoms with E-state index in [2.05, 4.69) is 16.8 Å². The number of nitro groups is 1. The SMILES string of the molecule is CCN(c1ccc([N+](=O)[O-])c(-c2ccccc2)n1)C1CC1. The van der Waals surface area contributed by atoms with Gasteiger partial charge in [-0.1, -0.05) is 30.3 Å². The number of hydrogen-bond acceptors (Lipinski definition) is 4. The molecule has 1 aromatic carbocycles. The van der Waals surface area contributed by atoms with Crippen LogP contribution in [0.25, 0.3) is 11.3 Å². The largest absolute Gasteiger partial charge is 0.354 e. The zero-order chi connectivity index (χ0) is 14.8. The molecule has 0 N–H and O–H groups in total. The van der Waals surface area contributed by atoms with E-state index in [9.17, 15) is 10.1 Å². The van der Waals surface area contributed by atoms with Crippen molar-refractivity contribution in [3.8, 4) is 11.3 Å². The van der Waals surface area contributed by atoms with Gasteiger partial charge in [-0.25, -0.2) is 4.98 Å². The van der Waals surface area contributed by atoms with Crippen LogP contribution in [0.2, 0.25) is 0 Å². The summed E-state index contributed by atoms with van der Waals surface area (Å²) in [5.74, 6) is 0.824. The number of rotatable bonds is 5. The van der Waals surface area contributed by atoms with Gasteiger partial charge in [0.1, 0.15) is 5.82 Å². The molecule has 0 radical (unpaired) electrons. The lowest BCUT2D eigenvalue weighted by Gasteiger charge is -2.22. The van der Waals surface area contributed by atoms with E-state index in [1.807, 2.05) is 30.3 Å². The summed E-state index contributed by atoms with van der Waals surface area (Å²) in [7, 11) is 0. The fourth-order valence-electron chi connectivity index (χ4n) is 2.55. The van der Waals surface area contributed by atoms with Crippen LogP contribution in [0.4, 0.5) is 11.5 Å². The maximum Gasteiger partial charge on any atom is 0.295 e. The Morgan fingerprint density at radius 3 is 2.52 bits per heavy atom. The number of nitrogens with zero attached hydrogens (tertiary/aromatic N) is 3. The molecular formula is C16H17N3O2. The number of hydrogen-bond donors (Lipinski definition) is 0. The van der Waals surface area contributed by atoms with Gasteiger partial charge < -0.3 is 4.90 Å². The fourth-order valence-corrected chi connectivity index (χ4v) is 2.55. The van der Waals surface area contributed by atoms with Crippen molar-refractivity contribution in [1.29, 1.82) is 0 Å². The molecular weight excluding hydrogens is 266 g/mol. The molecule has 5 heteroatoms. The second kappa shape index (κ2) is 5.52. The Balaban J connectivity index is 2.08. The number of anilines is 1. The lowest BCUT2D eigenvalue weighted by molar-refractivity contribution is -0.384. The zero-order valence-corrected chi connectivity index (χ0v) is 11.9. The molecule has 1 heterocycles. The molecule has 1 aliphatic carbocycles. The van der Waals surface area contributed by atoms with Crippen LogP contribution in [0, 0.1) is 10.1 Å². The number of aromatic nitrogens is 1. The van der Waals surface area contributed by atoms with Crippen LogP contribution in [-0.2, 0) is 0 Å². The first-order valence-electron chi connectivity index (χ1n) is 7.18. The van der Waals surface area contributed by atoms with Crippen LogP contribution in [0.15, 0.2) is 42.5 Å². The molecule has 0 amide bonds. The van der Waals surface area contributed by atoms with E-state index >= 15 is 0 Å². The van der Waals surface area contributed by atoms with Crippen LogP contribution in [0.3, 0.4) is 0 Å². The first kappa shape index (κ1) is 13.5. The van der Waals surface area contributed by atoms with Gasteiger partial charge in [0, 0.05) is 24.2 Å². The van der Waals surface area contributed by atoms with Crippen molar-refractivity contribution in [3.05, 3.63) is 52.6 Å². The third kappa shape index (κ3) is 2.72. The molecule has 0 aliphatic heterocycles. The van der Waals surface area contributed by atoms with Crippen LogP contribution >= 0.6 is 0 Å². The predicted octanol–water partition coefficient (Wildman–Crippen LogP) is 3.65. The molecule has 3 rings (SSSR count). The summed E-state index contributed by atoms with van der Waals surface area (Å²) in [6, 6.07) is 13.2. The highest BCUT2D eigenvalue weighted by atomic mass is 16.6. The smallest absolute Gasteiger partial charge is 0.295 e. The summed E-state index contributed by atoms with van der Waals surface area (Å²) in [6.45, 7) is 2.95. The maximum atomic E-state index is 11.2. The molecule has 108 valence electrons. The summed E-state index contributed by atoms with van der Waals surface area (Å²) < 4.78 is 0. The van der Waals surface area contributed by atoms with E-state index in [4.69, 9.17) is 0 Å². The zero-order valence-electron chi connectivity index (χ0n) is 11.9. The van der Waals surface area contributed by atoms with Crippen molar-refractivity contribution in [2.45, 2.75) is 25.8 Å². The van der Waals surface area contributed by atoms with Crippen LogP contribution in [-0.4, -0.2) is 22.5 Å². The molecule has 5 nitrogen and oxygen atoms in total. The Hall–Kier alpha value is -2.43. The highest BCUT2D eigenvalue weighted by Gasteiger charge is 2.30.